The molecule has 0 saturated heterocycles. The Kier molecular flexibility index (Phi) is 4.15. The van der Waals surface area contributed by atoms with Gasteiger partial charge in [-0.1, -0.05) is 6.07 Å². The number of pyridine rings is 1. The second kappa shape index (κ2) is 4.95. The summed E-state index contributed by atoms with van der Waals surface area (Å²) < 4.78 is 18.4. The minimum absolute atomic E-state index is 0.330. The molecule has 1 aromatic rings. The van der Waals surface area contributed by atoms with Crippen molar-refractivity contribution in [3.05, 3.63) is 23.8 Å². The van der Waals surface area contributed by atoms with Gasteiger partial charge in [0.15, 0.2) is 0 Å². The topological polar surface area (TPSA) is 62.6 Å². The predicted octanol–water partition coefficient (Wildman–Crippen LogP) is 0.783. The molecule has 2 N–H and O–H groups in total. The van der Waals surface area contributed by atoms with E-state index in [1.54, 1.807) is 34.6 Å². The van der Waals surface area contributed by atoms with Crippen molar-refractivity contribution in [3.8, 4) is 0 Å². The normalized spacial score (nSPS) is 12.7. The number of hydrogen-bond acceptors (Lipinski definition) is 4. The van der Waals surface area contributed by atoms with Crippen LogP contribution in [0.4, 0.5) is 4.39 Å². The van der Waals surface area contributed by atoms with E-state index in [2.05, 4.69) is 4.98 Å². The first-order chi connectivity index (χ1) is 8.04. The van der Waals surface area contributed by atoms with Gasteiger partial charge >= 0.3 is 7.12 Å². The Morgan fingerprint density at radius 3 is 2.33 bits per heavy atom. The van der Waals surface area contributed by atoms with E-state index in [0.29, 0.717) is 11.0 Å². The van der Waals surface area contributed by atoms with E-state index < -0.39 is 24.3 Å². The highest BCUT2D eigenvalue weighted by Crippen LogP contribution is 2.25. The molecule has 0 saturated carbocycles. The Hall–Kier alpha value is -0.975. The molecule has 0 unspecified atom stereocenters. The molecule has 0 aliphatic heterocycles. The SMILES string of the molecule is Cc1cc(B(O)OC(C)(C)C(C)(C)O)cnc1F. The molecule has 1 aromatic heterocycles. The number of aromatic nitrogens is 1. The molecule has 0 bridgehead atoms. The molecule has 4 nitrogen and oxygen atoms in total. The molecule has 1 heterocycles. The molecule has 0 aliphatic rings. The van der Waals surface area contributed by atoms with Crippen LogP contribution < -0.4 is 5.46 Å². The van der Waals surface area contributed by atoms with Gasteiger partial charge < -0.3 is 14.8 Å². The van der Waals surface area contributed by atoms with E-state index >= 15 is 0 Å². The van der Waals surface area contributed by atoms with Crippen LogP contribution in [0, 0.1) is 12.9 Å². The third kappa shape index (κ3) is 3.28. The molecule has 0 aliphatic carbocycles. The van der Waals surface area contributed by atoms with Crippen molar-refractivity contribution < 1.29 is 19.2 Å². The summed E-state index contributed by atoms with van der Waals surface area (Å²) in [4.78, 5) is 3.52. The van der Waals surface area contributed by atoms with Crippen LogP contribution >= 0.6 is 0 Å². The largest absolute Gasteiger partial charge is 0.493 e. The molecule has 0 radical (unpaired) electrons. The fourth-order valence-corrected chi connectivity index (χ4v) is 1.21. The molecule has 100 valence electrons. The van der Waals surface area contributed by atoms with Gasteiger partial charge in [-0.05, 0) is 34.6 Å². The van der Waals surface area contributed by atoms with E-state index in [9.17, 15) is 14.5 Å². The van der Waals surface area contributed by atoms with Crippen molar-refractivity contribution in [2.45, 2.75) is 45.8 Å². The van der Waals surface area contributed by atoms with Gasteiger partial charge in [-0.25, -0.2) is 4.98 Å². The summed E-state index contributed by atoms with van der Waals surface area (Å²) in [6.45, 7) is 8.07. The van der Waals surface area contributed by atoms with Crippen LogP contribution in [0.5, 0.6) is 0 Å². The summed E-state index contributed by atoms with van der Waals surface area (Å²) in [5.41, 5.74) is -1.41. The molecule has 0 spiro atoms. The molecule has 0 amide bonds. The average molecular weight is 255 g/mol. The lowest BCUT2D eigenvalue weighted by molar-refractivity contribution is -0.0982. The zero-order valence-corrected chi connectivity index (χ0v) is 11.4. The highest BCUT2D eigenvalue weighted by molar-refractivity contribution is 6.60. The summed E-state index contributed by atoms with van der Waals surface area (Å²) in [6.07, 6.45) is 1.22. The first-order valence-electron chi connectivity index (χ1n) is 5.75. The Balaban J connectivity index is 2.89. The third-order valence-electron chi connectivity index (χ3n) is 3.20. The molecule has 6 heteroatoms. The fourth-order valence-electron chi connectivity index (χ4n) is 1.21. The molecule has 1 rings (SSSR count). The maximum atomic E-state index is 13.0. The lowest BCUT2D eigenvalue weighted by atomic mass is 9.77. The van der Waals surface area contributed by atoms with Gasteiger partial charge in [-0.3, -0.25) is 0 Å². The van der Waals surface area contributed by atoms with Crippen LogP contribution in [-0.2, 0) is 4.65 Å². The molecule has 0 atom stereocenters. The standard InChI is InChI=1S/C12H19BFNO3/c1-8-6-9(7-15-10(8)14)13(17)18-12(4,5)11(2,3)16/h6-7,16-17H,1-5H3. The van der Waals surface area contributed by atoms with Crippen LogP contribution in [0.25, 0.3) is 0 Å². The third-order valence-corrected chi connectivity index (χ3v) is 3.20. The van der Waals surface area contributed by atoms with Crippen LogP contribution in [0.3, 0.4) is 0 Å². The number of hydrogen-bond donors (Lipinski definition) is 2. The highest BCUT2D eigenvalue weighted by Gasteiger charge is 2.39. The minimum Gasteiger partial charge on any atom is -0.423 e. The smallest absolute Gasteiger partial charge is 0.423 e. The summed E-state index contributed by atoms with van der Waals surface area (Å²) in [5, 5.41) is 19.9. The number of aliphatic hydroxyl groups is 1. The first kappa shape index (κ1) is 15.1. The summed E-state index contributed by atoms with van der Waals surface area (Å²) >= 11 is 0. The first-order valence-corrected chi connectivity index (χ1v) is 5.75. The van der Waals surface area contributed by atoms with Gasteiger partial charge in [0.1, 0.15) is 0 Å². The van der Waals surface area contributed by atoms with E-state index in [1.165, 1.54) is 12.3 Å². The lowest BCUT2D eigenvalue weighted by Gasteiger charge is -2.38. The summed E-state index contributed by atoms with van der Waals surface area (Å²) in [7, 11) is -1.27. The van der Waals surface area contributed by atoms with E-state index in [-0.39, 0.29) is 0 Å². The number of aryl methyl sites for hydroxylation is 1. The van der Waals surface area contributed by atoms with E-state index in [4.69, 9.17) is 4.65 Å². The Morgan fingerprint density at radius 1 is 1.33 bits per heavy atom. The molecule has 0 fully saturated rings. The average Bonchev–Trinajstić information content (AvgIpc) is 2.19. The van der Waals surface area contributed by atoms with Gasteiger partial charge in [-0.2, -0.15) is 4.39 Å². The fraction of sp³-hybridized carbons (Fsp3) is 0.583. The molecular formula is C12H19BFNO3. The quantitative estimate of drug-likeness (QED) is 0.616. The molecule has 18 heavy (non-hydrogen) atoms. The van der Waals surface area contributed by atoms with Gasteiger partial charge in [0, 0.05) is 17.2 Å². The Labute approximate surface area is 107 Å². The highest BCUT2D eigenvalue weighted by atomic mass is 19.1. The van der Waals surface area contributed by atoms with Crippen molar-refractivity contribution in [2.75, 3.05) is 0 Å². The van der Waals surface area contributed by atoms with Crippen molar-refractivity contribution in [3.63, 3.8) is 0 Å². The monoisotopic (exact) mass is 255 g/mol. The maximum Gasteiger partial charge on any atom is 0.493 e. The van der Waals surface area contributed by atoms with Crippen molar-refractivity contribution >= 4 is 12.6 Å². The maximum absolute atomic E-state index is 13.0. The molecule has 0 aromatic carbocycles. The second-order valence-electron chi connectivity index (χ2n) is 5.42. The van der Waals surface area contributed by atoms with Gasteiger partial charge in [0.2, 0.25) is 5.95 Å². The van der Waals surface area contributed by atoms with Crippen LogP contribution in [0.1, 0.15) is 33.3 Å². The Morgan fingerprint density at radius 2 is 1.89 bits per heavy atom. The lowest BCUT2D eigenvalue weighted by Crippen LogP contribution is -2.53. The number of nitrogens with zero attached hydrogens (tertiary/aromatic N) is 1. The van der Waals surface area contributed by atoms with Crippen LogP contribution in [-0.4, -0.2) is 33.4 Å². The van der Waals surface area contributed by atoms with E-state index in [0.717, 1.165) is 0 Å². The number of halogens is 1. The second-order valence-corrected chi connectivity index (χ2v) is 5.42. The van der Waals surface area contributed by atoms with Crippen LogP contribution in [0.15, 0.2) is 12.3 Å². The van der Waals surface area contributed by atoms with Crippen molar-refractivity contribution in [1.82, 2.24) is 4.98 Å². The summed E-state index contributed by atoms with van der Waals surface area (Å²) in [6, 6.07) is 1.47. The Bertz CT molecular complexity index is 432. The van der Waals surface area contributed by atoms with Gasteiger partial charge in [0.25, 0.3) is 0 Å². The van der Waals surface area contributed by atoms with Gasteiger partial charge in [0.05, 0.1) is 11.2 Å². The zero-order valence-electron chi connectivity index (χ0n) is 11.4. The van der Waals surface area contributed by atoms with Crippen molar-refractivity contribution in [1.29, 1.82) is 0 Å². The minimum atomic E-state index is -1.27. The molecular weight excluding hydrogens is 236 g/mol. The zero-order chi connectivity index (χ0) is 14.1. The predicted molar refractivity (Wildman–Crippen MR) is 68.0 cm³/mol. The number of rotatable bonds is 4. The van der Waals surface area contributed by atoms with E-state index in [1.807, 2.05) is 0 Å². The van der Waals surface area contributed by atoms with Crippen molar-refractivity contribution in [2.24, 2.45) is 0 Å². The summed E-state index contributed by atoms with van der Waals surface area (Å²) in [5.74, 6) is -0.576. The van der Waals surface area contributed by atoms with Gasteiger partial charge in [-0.15, -0.1) is 0 Å². The van der Waals surface area contributed by atoms with Crippen LogP contribution in [0.2, 0.25) is 0 Å².